The standard InChI is InChI=1S/C18H30/c1-13(2)11-18(15(5)6)12-16-7-9-17(10-8-16)14(3)4/h7-10,13-15,18H,11-12H2,1-6H3/t18-/m0/s1. The van der Waals surface area contributed by atoms with Crippen molar-refractivity contribution in [1.82, 2.24) is 0 Å². The van der Waals surface area contributed by atoms with Gasteiger partial charge in [0.1, 0.15) is 0 Å². The Morgan fingerprint density at radius 2 is 1.39 bits per heavy atom. The molecule has 0 unspecified atom stereocenters. The third kappa shape index (κ3) is 4.84. The van der Waals surface area contributed by atoms with Crippen molar-refractivity contribution < 1.29 is 0 Å². The lowest BCUT2D eigenvalue weighted by Gasteiger charge is -2.23. The van der Waals surface area contributed by atoms with Gasteiger partial charge in [-0.3, -0.25) is 0 Å². The molecule has 1 aromatic rings. The van der Waals surface area contributed by atoms with E-state index in [2.05, 4.69) is 65.8 Å². The van der Waals surface area contributed by atoms with Crippen LogP contribution in [0.1, 0.15) is 65.0 Å². The fraction of sp³-hybridized carbons (Fsp3) is 0.667. The molecular weight excluding hydrogens is 216 g/mol. The van der Waals surface area contributed by atoms with Gasteiger partial charge in [-0.2, -0.15) is 0 Å². The van der Waals surface area contributed by atoms with E-state index in [0.717, 1.165) is 17.8 Å². The minimum absolute atomic E-state index is 0.635. The fourth-order valence-electron chi connectivity index (χ4n) is 2.54. The molecule has 18 heavy (non-hydrogen) atoms. The highest BCUT2D eigenvalue weighted by Crippen LogP contribution is 2.25. The summed E-state index contributed by atoms with van der Waals surface area (Å²) >= 11 is 0. The zero-order valence-corrected chi connectivity index (χ0v) is 13.0. The molecule has 0 aliphatic heterocycles. The molecule has 0 saturated heterocycles. The number of rotatable bonds is 6. The molecule has 0 fully saturated rings. The average molecular weight is 246 g/mol. The predicted octanol–water partition coefficient (Wildman–Crippen LogP) is 5.67. The Hall–Kier alpha value is -0.780. The summed E-state index contributed by atoms with van der Waals surface area (Å²) in [6.07, 6.45) is 2.57. The second-order valence-electron chi connectivity index (χ2n) is 6.73. The van der Waals surface area contributed by atoms with Gasteiger partial charge in [0.25, 0.3) is 0 Å². The monoisotopic (exact) mass is 246 g/mol. The molecule has 0 aliphatic carbocycles. The molecule has 0 aromatic heterocycles. The van der Waals surface area contributed by atoms with Gasteiger partial charge in [0.15, 0.2) is 0 Å². The first-order valence-corrected chi connectivity index (χ1v) is 7.49. The van der Waals surface area contributed by atoms with Crippen LogP contribution in [0, 0.1) is 17.8 Å². The molecule has 0 aliphatic rings. The lowest BCUT2D eigenvalue weighted by atomic mass is 9.83. The molecular formula is C18H30. The third-order valence-corrected chi connectivity index (χ3v) is 3.86. The number of hydrogen-bond acceptors (Lipinski definition) is 0. The lowest BCUT2D eigenvalue weighted by molar-refractivity contribution is 0.315. The highest BCUT2D eigenvalue weighted by Gasteiger charge is 2.15. The van der Waals surface area contributed by atoms with Crippen LogP contribution in [0.3, 0.4) is 0 Å². The van der Waals surface area contributed by atoms with Crippen molar-refractivity contribution in [3.8, 4) is 0 Å². The van der Waals surface area contributed by atoms with Crippen LogP contribution in [-0.4, -0.2) is 0 Å². The van der Waals surface area contributed by atoms with Crippen molar-refractivity contribution in [2.45, 2.75) is 60.3 Å². The molecule has 0 saturated carbocycles. The van der Waals surface area contributed by atoms with E-state index in [0.29, 0.717) is 5.92 Å². The largest absolute Gasteiger partial charge is 0.0628 e. The summed E-state index contributed by atoms with van der Waals surface area (Å²) < 4.78 is 0. The summed E-state index contributed by atoms with van der Waals surface area (Å²) in [7, 11) is 0. The van der Waals surface area contributed by atoms with Crippen molar-refractivity contribution in [3.05, 3.63) is 35.4 Å². The van der Waals surface area contributed by atoms with E-state index in [-0.39, 0.29) is 0 Å². The quantitative estimate of drug-likeness (QED) is 0.606. The summed E-state index contributed by atoms with van der Waals surface area (Å²) in [5.41, 5.74) is 2.95. The van der Waals surface area contributed by atoms with Crippen molar-refractivity contribution in [3.63, 3.8) is 0 Å². The van der Waals surface area contributed by atoms with Crippen LogP contribution in [-0.2, 0) is 6.42 Å². The molecule has 0 nitrogen and oxygen atoms in total. The maximum absolute atomic E-state index is 2.36. The lowest BCUT2D eigenvalue weighted by Crippen LogP contribution is -2.14. The Bertz CT molecular complexity index is 330. The Morgan fingerprint density at radius 3 is 1.78 bits per heavy atom. The molecule has 0 heterocycles. The van der Waals surface area contributed by atoms with Gasteiger partial charge in [0.05, 0.1) is 0 Å². The Kier molecular flexibility index (Phi) is 5.91. The smallest absolute Gasteiger partial charge is 0.0219 e. The molecule has 1 aromatic carbocycles. The van der Waals surface area contributed by atoms with Gasteiger partial charge in [-0.15, -0.1) is 0 Å². The molecule has 0 heteroatoms. The normalized spacial score (nSPS) is 13.6. The maximum atomic E-state index is 2.36. The third-order valence-electron chi connectivity index (χ3n) is 3.86. The van der Waals surface area contributed by atoms with Gasteiger partial charge in [-0.1, -0.05) is 65.8 Å². The topological polar surface area (TPSA) is 0 Å². The summed E-state index contributed by atoms with van der Waals surface area (Å²) in [6.45, 7) is 13.9. The highest BCUT2D eigenvalue weighted by molar-refractivity contribution is 5.25. The van der Waals surface area contributed by atoms with Crippen molar-refractivity contribution in [1.29, 1.82) is 0 Å². The first kappa shape index (κ1) is 15.3. The minimum Gasteiger partial charge on any atom is -0.0628 e. The summed E-state index contributed by atoms with van der Waals surface area (Å²) in [5.74, 6) is 3.02. The number of hydrogen-bond donors (Lipinski definition) is 0. The zero-order valence-electron chi connectivity index (χ0n) is 13.0. The first-order valence-electron chi connectivity index (χ1n) is 7.49. The van der Waals surface area contributed by atoms with Crippen LogP contribution in [0.15, 0.2) is 24.3 Å². The van der Waals surface area contributed by atoms with Gasteiger partial charge >= 0.3 is 0 Å². The first-order chi connectivity index (χ1) is 8.40. The van der Waals surface area contributed by atoms with Gasteiger partial charge in [-0.25, -0.2) is 0 Å². The zero-order chi connectivity index (χ0) is 13.7. The van der Waals surface area contributed by atoms with E-state index in [1.807, 2.05) is 0 Å². The van der Waals surface area contributed by atoms with Crippen LogP contribution >= 0.6 is 0 Å². The highest BCUT2D eigenvalue weighted by atomic mass is 14.2. The van der Waals surface area contributed by atoms with Crippen LogP contribution in [0.5, 0.6) is 0 Å². The fourth-order valence-corrected chi connectivity index (χ4v) is 2.54. The van der Waals surface area contributed by atoms with Crippen LogP contribution in [0.2, 0.25) is 0 Å². The molecule has 0 radical (unpaired) electrons. The second-order valence-corrected chi connectivity index (χ2v) is 6.73. The molecule has 1 rings (SSSR count). The van der Waals surface area contributed by atoms with Gasteiger partial charge in [-0.05, 0) is 47.6 Å². The Balaban J connectivity index is 2.69. The summed E-state index contributed by atoms with van der Waals surface area (Å²) in [6, 6.07) is 9.25. The van der Waals surface area contributed by atoms with Crippen molar-refractivity contribution in [2.75, 3.05) is 0 Å². The van der Waals surface area contributed by atoms with E-state index < -0.39 is 0 Å². The van der Waals surface area contributed by atoms with Crippen LogP contribution < -0.4 is 0 Å². The van der Waals surface area contributed by atoms with E-state index in [1.165, 1.54) is 24.0 Å². The van der Waals surface area contributed by atoms with Crippen LogP contribution in [0.25, 0.3) is 0 Å². The Morgan fingerprint density at radius 1 is 0.833 bits per heavy atom. The summed E-state index contributed by atoms with van der Waals surface area (Å²) in [5, 5.41) is 0. The van der Waals surface area contributed by atoms with Crippen molar-refractivity contribution in [2.24, 2.45) is 17.8 Å². The van der Waals surface area contributed by atoms with Crippen molar-refractivity contribution >= 4 is 0 Å². The second kappa shape index (κ2) is 6.97. The molecule has 0 N–H and O–H groups in total. The molecule has 0 spiro atoms. The molecule has 0 amide bonds. The van der Waals surface area contributed by atoms with Gasteiger partial charge in [0.2, 0.25) is 0 Å². The molecule has 102 valence electrons. The predicted molar refractivity (Wildman–Crippen MR) is 82.0 cm³/mol. The SMILES string of the molecule is CC(C)C[C@@H](Cc1ccc(C(C)C)cc1)C(C)C. The summed E-state index contributed by atoms with van der Waals surface area (Å²) in [4.78, 5) is 0. The van der Waals surface area contributed by atoms with E-state index in [4.69, 9.17) is 0 Å². The van der Waals surface area contributed by atoms with Crippen LogP contribution in [0.4, 0.5) is 0 Å². The molecule has 1 atom stereocenters. The number of benzene rings is 1. The van der Waals surface area contributed by atoms with E-state index >= 15 is 0 Å². The average Bonchev–Trinajstić information content (AvgIpc) is 2.28. The van der Waals surface area contributed by atoms with Gasteiger partial charge < -0.3 is 0 Å². The molecule has 0 bridgehead atoms. The van der Waals surface area contributed by atoms with Gasteiger partial charge in [0, 0.05) is 0 Å². The van der Waals surface area contributed by atoms with E-state index in [9.17, 15) is 0 Å². The maximum Gasteiger partial charge on any atom is -0.0219 e. The van der Waals surface area contributed by atoms with E-state index in [1.54, 1.807) is 0 Å². The Labute approximate surface area is 114 Å². The minimum atomic E-state index is 0.635.